The van der Waals surface area contributed by atoms with Gasteiger partial charge in [-0.3, -0.25) is 0 Å². The second-order valence-electron chi connectivity index (χ2n) is 1.53. The van der Waals surface area contributed by atoms with Crippen LogP contribution in [0.3, 0.4) is 0 Å². The molecule has 0 saturated carbocycles. The number of rotatable bonds is 0. The molecule has 0 amide bonds. The average molecular weight is 128 g/mol. The zero-order chi connectivity index (χ0) is 6.85. The molecule has 0 spiro atoms. The van der Waals surface area contributed by atoms with E-state index >= 15 is 0 Å². The van der Waals surface area contributed by atoms with Crippen LogP contribution in [0, 0.1) is 0 Å². The van der Waals surface area contributed by atoms with Gasteiger partial charge in [-0.05, 0) is 0 Å². The molecule has 0 aliphatic carbocycles. The summed E-state index contributed by atoms with van der Waals surface area (Å²) in [4.78, 5) is 9.77. The van der Waals surface area contributed by atoms with Crippen molar-refractivity contribution >= 4 is 5.94 Å². The fourth-order valence-corrected chi connectivity index (χ4v) is 0.467. The van der Waals surface area contributed by atoms with Gasteiger partial charge in [0.05, 0.1) is 0 Å². The molecule has 48 valence electrons. The molecule has 1 heterocycles. The molecule has 1 aliphatic rings. The molecule has 0 aromatic carbocycles. The Bertz CT molecular complexity index is 199. The minimum absolute atomic E-state index is 0.299. The molecule has 0 aromatic rings. The van der Waals surface area contributed by atoms with E-state index in [-0.39, 0.29) is 11.5 Å². The first-order valence-corrected chi connectivity index (χ1v) is 2.24. The molecule has 1 atom stereocenters. The monoisotopic (exact) mass is 128 g/mol. The lowest BCUT2D eigenvalue weighted by Crippen LogP contribution is -2.08. The molecule has 0 aromatic heterocycles. The van der Waals surface area contributed by atoms with E-state index in [1.807, 2.05) is 0 Å². The van der Waals surface area contributed by atoms with E-state index in [9.17, 15) is 4.79 Å². The van der Waals surface area contributed by atoms with E-state index in [1.165, 1.54) is 5.94 Å². The van der Waals surface area contributed by atoms with E-state index in [4.69, 9.17) is 10.2 Å². The van der Waals surface area contributed by atoms with E-state index in [2.05, 4.69) is 4.74 Å². The molecule has 1 aliphatic heterocycles. The summed E-state index contributed by atoms with van der Waals surface area (Å²) in [5, 5.41) is 17.3. The van der Waals surface area contributed by atoms with Crippen molar-refractivity contribution in [3.8, 4) is 0 Å². The van der Waals surface area contributed by atoms with Crippen LogP contribution in [0.25, 0.3) is 0 Å². The minimum atomic E-state index is -1.32. The van der Waals surface area contributed by atoms with Crippen molar-refractivity contribution in [2.75, 3.05) is 0 Å². The average Bonchev–Trinajstić information content (AvgIpc) is 2.15. The van der Waals surface area contributed by atoms with Gasteiger partial charge in [0.2, 0.25) is 5.76 Å². The fourth-order valence-electron chi connectivity index (χ4n) is 0.467. The van der Waals surface area contributed by atoms with Gasteiger partial charge in [0.1, 0.15) is 6.26 Å². The van der Waals surface area contributed by atoms with Gasteiger partial charge >= 0.3 is 0 Å². The fraction of sp³-hybridized carbons (Fsp3) is 0.200. The summed E-state index contributed by atoms with van der Waals surface area (Å²) in [6.45, 7) is 0. The van der Waals surface area contributed by atoms with Gasteiger partial charge in [0.25, 0.3) is 0 Å². The van der Waals surface area contributed by atoms with Crippen LogP contribution in [0.4, 0.5) is 0 Å². The van der Waals surface area contributed by atoms with Crippen molar-refractivity contribution < 1.29 is 19.7 Å². The summed E-state index contributed by atoms with van der Waals surface area (Å²) < 4.78 is 4.36. The maximum absolute atomic E-state index is 9.77. The van der Waals surface area contributed by atoms with Crippen LogP contribution >= 0.6 is 0 Å². The second kappa shape index (κ2) is 1.93. The van der Waals surface area contributed by atoms with Gasteiger partial charge < -0.3 is 14.9 Å². The molecule has 1 unspecified atom stereocenters. The summed E-state index contributed by atoms with van der Waals surface area (Å²) in [6.07, 6.45) is -0.423. The predicted molar refractivity (Wildman–Crippen MR) is 27.0 cm³/mol. The van der Waals surface area contributed by atoms with Crippen molar-refractivity contribution in [3.05, 3.63) is 17.8 Å². The third-order valence-electron chi connectivity index (χ3n) is 0.936. The molecule has 9 heavy (non-hydrogen) atoms. The van der Waals surface area contributed by atoms with Gasteiger partial charge in [-0.2, -0.15) is 0 Å². The highest BCUT2D eigenvalue weighted by Gasteiger charge is 2.24. The second-order valence-corrected chi connectivity index (χ2v) is 1.53. The van der Waals surface area contributed by atoms with E-state index in [1.54, 1.807) is 0 Å². The highest BCUT2D eigenvalue weighted by molar-refractivity contribution is 5.54. The highest BCUT2D eigenvalue weighted by atomic mass is 16.5. The smallest absolute Gasteiger partial charge is 0.222 e. The van der Waals surface area contributed by atoms with Crippen LogP contribution in [0.5, 0.6) is 0 Å². The highest BCUT2D eigenvalue weighted by Crippen LogP contribution is 2.16. The zero-order valence-corrected chi connectivity index (χ0v) is 4.37. The molecule has 0 saturated heterocycles. The Labute approximate surface area is 50.7 Å². The quantitative estimate of drug-likeness (QED) is 0.431. The number of aliphatic hydroxyl groups is 2. The topological polar surface area (TPSA) is 66.8 Å². The molecule has 4 nitrogen and oxygen atoms in total. The van der Waals surface area contributed by atoms with Crippen LogP contribution in [0.15, 0.2) is 17.8 Å². The molecule has 0 fully saturated rings. The van der Waals surface area contributed by atoms with Crippen molar-refractivity contribution in [3.63, 3.8) is 0 Å². The van der Waals surface area contributed by atoms with Gasteiger partial charge in [-0.15, -0.1) is 0 Å². The molecule has 4 heteroatoms. The SMILES string of the molecule is O=C=C1OC=C(O)C1O. The van der Waals surface area contributed by atoms with E-state index in [0.717, 1.165) is 6.26 Å². The number of ether oxygens (including phenoxy) is 1. The van der Waals surface area contributed by atoms with Crippen LogP contribution in [-0.2, 0) is 9.53 Å². The largest absolute Gasteiger partial charge is 0.506 e. The Morgan fingerprint density at radius 3 is 2.67 bits per heavy atom. The standard InChI is InChI=1S/C5H4O4/c6-1-4-5(8)3(7)2-9-4/h2,5,7-8H. The third-order valence-corrected chi connectivity index (χ3v) is 0.936. The Hall–Kier alpha value is -1.25. The summed E-state index contributed by atoms with van der Waals surface area (Å²) in [7, 11) is 0. The molecular formula is C5H4O4. The number of carbonyl (C=O) groups excluding carboxylic acids is 1. The lowest BCUT2D eigenvalue weighted by molar-refractivity contribution is 0.170. The zero-order valence-electron chi connectivity index (χ0n) is 4.37. The van der Waals surface area contributed by atoms with Gasteiger partial charge in [-0.1, -0.05) is 0 Å². The first-order valence-electron chi connectivity index (χ1n) is 2.24. The number of hydrogen-bond acceptors (Lipinski definition) is 4. The first kappa shape index (κ1) is 5.88. The normalized spacial score (nSPS) is 24.8. The summed E-state index contributed by atoms with van der Waals surface area (Å²) in [5.74, 6) is 0.661. The maximum atomic E-state index is 9.77. The number of hydrogen-bond donors (Lipinski definition) is 2. The predicted octanol–water partition coefficient (Wildman–Crippen LogP) is -0.508. The Balaban J connectivity index is 2.85. The first-order chi connectivity index (χ1) is 4.25. The number of aliphatic hydroxyl groups excluding tert-OH is 2. The summed E-state index contributed by atoms with van der Waals surface area (Å²) >= 11 is 0. The van der Waals surface area contributed by atoms with E-state index < -0.39 is 6.10 Å². The van der Waals surface area contributed by atoms with Crippen LogP contribution in [0.2, 0.25) is 0 Å². The van der Waals surface area contributed by atoms with Crippen LogP contribution in [-0.4, -0.2) is 22.3 Å². The van der Waals surface area contributed by atoms with Crippen molar-refractivity contribution in [1.82, 2.24) is 0 Å². The summed E-state index contributed by atoms with van der Waals surface area (Å²) in [5.41, 5.74) is 0. The van der Waals surface area contributed by atoms with Gasteiger partial charge in [0.15, 0.2) is 17.8 Å². The van der Waals surface area contributed by atoms with Gasteiger partial charge in [-0.25, -0.2) is 4.79 Å². The lowest BCUT2D eigenvalue weighted by atomic mass is 10.3. The molecule has 0 bridgehead atoms. The van der Waals surface area contributed by atoms with Crippen molar-refractivity contribution in [2.45, 2.75) is 6.10 Å². The van der Waals surface area contributed by atoms with Crippen LogP contribution < -0.4 is 0 Å². The minimum Gasteiger partial charge on any atom is -0.506 e. The molecular weight excluding hydrogens is 124 g/mol. The third kappa shape index (κ3) is 0.806. The molecule has 2 N–H and O–H groups in total. The van der Waals surface area contributed by atoms with Gasteiger partial charge in [0, 0.05) is 0 Å². The summed E-state index contributed by atoms with van der Waals surface area (Å²) in [6, 6.07) is 0. The van der Waals surface area contributed by atoms with E-state index in [0.29, 0.717) is 0 Å². The Morgan fingerprint density at radius 2 is 2.44 bits per heavy atom. The maximum Gasteiger partial charge on any atom is 0.222 e. The van der Waals surface area contributed by atoms with Crippen molar-refractivity contribution in [1.29, 1.82) is 0 Å². The Morgan fingerprint density at radius 1 is 1.78 bits per heavy atom. The van der Waals surface area contributed by atoms with Crippen LogP contribution in [0.1, 0.15) is 0 Å². The molecule has 1 rings (SSSR count). The Kier molecular flexibility index (Phi) is 1.26. The molecule has 0 radical (unpaired) electrons. The lowest BCUT2D eigenvalue weighted by Gasteiger charge is -1.96. The van der Waals surface area contributed by atoms with Crippen molar-refractivity contribution in [2.24, 2.45) is 0 Å².